The van der Waals surface area contributed by atoms with Gasteiger partial charge in [0.2, 0.25) is 5.91 Å². The SMILES string of the molecule is COc1ccc(CNC(=O)C(C)C(C)N)c(OC2CCCC2)c1.Cl. The van der Waals surface area contributed by atoms with Crippen LogP contribution in [0.4, 0.5) is 0 Å². The Balaban J connectivity index is 0.00000288. The Hall–Kier alpha value is -1.46. The first-order chi connectivity index (χ1) is 11.0. The third kappa shape index (κ3) is 5.56. The quantitative estimate of drug-likeness (QED) is 0.787. The van der Waals surface area contributed by atoms with Crippen molar-refractivity contribution in [3.8, 4) is 11.5 Å². The molecule has 3 N–H and O–H groups in total. The van der Waals surface area contributed by atoms with Crippen LogP contribution in [-0.2, 0) is 11.3 Å². The van der Waals surface area contributed by atoms with Gasteiger partial charge in [0, 0.05) is 30.1 Å². The summed E-state index contributed by atoms with van der Waals surface area (Å²) in [5, 5.41) is 2.94. The van der Waals surface area contributed by atoms with E-state index in [9.17, 15) is 4.79 Å². The second kappa shape index (κ2) is 9.74. The van der Waals surface area contributed by atoms with E-state index in [0.717, 1.165) is 29.9 Å². The van der Waals surface area contributed by atoms with E-state index in [-0.39, 0.29) is 36.4 Å². The van der Waals surface area contributed by atoms with Crippen LogP contribution < -0.4 is 20.5 Å². The molecule has 1 aromatic rings. The fourth-order valence-electron chi connectivity index (χ4n) is 2.69. The summed E-state index contributed by atoms with van der Waals surface area (Å²) in [6.07, 6.45) is 4.87. The van der Waals surface area contributed by atoms with Crippen LogP contribution in [0.15, 0.2) is 18.2 Å². The molecule has 2 atom stereocenters. The molecule has 0 aromatic heterocycles. The summed E-state index contributed by atoms with van der Waals surface area (Å²) < 4.78 is 11.4. The molecule has 0 bridgehead atoms. The molecular weight excluding hydrogens is 328 g/mol. The molecule has 1 aliphatic rings. The van der Waals surface area contributed by atoms with Crippen molar-refractivity contribution in [3.05, 3.63) is 23.8 Å². The second-order valence-electron chi connectivity index (χ2n) is 6.36. The Morgan fingerprint density at radius 2 is 2.00 bits per heavy atom. The highest BCUT2D eigenvalue weighted by molar-refractivity contribution is 5.85. The molecule has 1 fully saturated rings. The first-order valence-corrected chi connectivity index (χ1v) is 8.38. The van der Waals surface area contributed by atoms with Crippen molar-refractivity contribution in [1.29, 1.82) is 0 Å². The molecule has 2 unspecified atom stereocenters. The van der Waals surface area contributed by atoms with Crippen LogP contribution in [0.25, 0.3) is 0 Å². The van der Waals surface area contributed by atoms with Gasteiger partial charge in [-0.05, 0) is 44.7 Å². The molecule has 1 aromatic carbocycles. The number of ether oxygens (including phenoxy) is 2. The molecule has 0 saturated heterocycles. The fourth-order valence-corrected chi connectivity index (χ4v) is 2.69. The van der Waals surface area contributed by atoms with Crippen LogP contribution in [0.1, 0.15) is 45.1 Å². The van der Waals surface area contributed by atoms with Crippen LogP contribution in [-0.4, -0.2) is 25.2 Å². The van der Waals surface area contributed by atoms with Crippen molar-refractivity contribution >= 4 is 18.3 Å². The third-order valence-electron chi connectivity index (χ3n) is 4.53. The minimum atomic E-state index is -0.215. The summed E-state index contributed by atoms with van der Waals surface area (Å²) in [6.45, 7) is 4.11. The van der Waals surface area contributed by atoms with E-state index >= 15 is 0 Å². The number of rotatable bonds is 7. The monoisotopic (exact) mass is 356 g/mol. The number of halogens is 1. The summed E-state index contributed by atoms with van der Waals surface area (Å²) in [5.41, 5.74) is 6.74. The Bertz CT molecular complexity index is 531. The molecule has 24 heavy (non-hydrogen) atoms. The van der Waals surface area contributed by atoms with E-state index in [2.05, 4.69) is 5.32 Å². The first kappa shape index (κ1) is 20.6. The smallest absolute Gasteiger partial charge is 0.224 e. The Morgan fingerprint density at radius 1 is 1.33 bits per heavy atom. The molecule has 136 valence electrons. The normalized spacial score (nSPS) is 16.8. The molecular formula is C18H29ClN2O3. The third-order valence-corrected chi connectivity index (χ3v) is 4.53. The number of benzene rings is 1. The van der Waals surface area contributed by atoms with Gasteiger partial charge in [0.25, 0.3) is 0 Å². The van der Waals surface area contributed by atoms with E-state index in [1.807, 2.05) is 32.0 Å². The number of nitrogens with two attached hydrogens (primary N) is 1. The molecule has 1 amide bonds. The molecule has 1 aliphatic carbocycles. The van der Waals surface area contributed by atoms with Crippen LogP contribution in [0.3, 0.4) is 0 Å². The Morgan fingerprint density at radius 3 is 2.58 bits per heavy atom. The van der Waals surface area contributed by atoms with Gasteiger partial charge in [-0.15, -0.1) is 12.4 Å². The lowest BCUT2D eigenvalue weighted by atomic mass is 10.0. The summed E-state index contributed by atoms with van der Waals surface area (Å²) in [4.78, 5) is 12.1. The van der Waals surface area contributed by atoms with Crippen LogP contribution in [0, 0.1) is 5.92 Å². The number of amides is 1. The van der Waals surface area contributed by atoms with Crippen molar-refractivity contribution in [2.75, 3.05) is 7.11 Å². The van der Waals surface area contributed by atoms with E-state index in [0.29, 0.717) is 6.54 Å². The number of carbonyl (C=O) groups is 1. The summed E-state index contributed by atoms with van der Waals surface area (Å²) >= 11 is 0. The van der Waals surface area contributed by atoms with Gasteiger partial charge in [-0.3, -0.25) is 4.79 Å². The van der Waals surface area contributed by atoms with Gasteiger partial charge in [0.05, 0.1) is 13.2 Å². The molecule has 0 heterocycles. The lowest BCUT2D eigenvalue weighted by molar-refractivity contribution is -0.125. The van der Waals surface area contributed by atoms with Crippen molar-refractivity contribution in [2.45, 2.75) is 58.2 Å². The minimum absolute atomic E-state index is 0. The van der Waals surface area contributed by atoms with Crippen LogP contribution in [0.2, 0.25) is 0 Å². The molecule has 0 aliphatic heterocycles. The molecule has 1 saturated carbocycles. The zero-order valence-corrected chi connectivity index (χ0v) is 15.5. The maximum Gasteiger partial charge on any atom is 0.224 e. The van der Waals surface area contributed by atoms with Crippen LogP contribution in [0.5, 0.6) is 11.5 Å². The highest BCUT2D eigenvalue weighted by Crippen LogP contribution is 2.30. The molecule has 6 heteroatoms. The minimum Gasteiger partial charge on any atom is -0.497 e. The van der Waals surface area contributed by atoms with Gasteiger partial charge in [-0.25, -0.2) is 0 Å². The van der Waals surface area contributed by atoms with Gasteiger partial charge < -0.3 is 20.5 Å². The second-order valence-corrected chi connectivity index (χ2v) is 6.36. The summed E-state index contributed by atoms with van der Waals surface area (Å²) in [7, 11) is 1.64. The van der Waals surface area contributed by atoms with Gasteiger partial charge in [-0.2, -0.15) is 0 Å². The number of nitrogens with one attached hydrogen (secondary N) is 1. The van der Waals surface area contributed by atoms with Gasteiger partial charge in [0.1, 0.15) is 11.5 Å². The first-order valence-electron chi connectivity index (χ1n) is 8.38. The van der Waals surface area contributed by atoms with E-state index in [4.69, 9.17) is 15.2 Å². The lowest BCUT2D eigenvalue weighted by Gasteiger charge is -2.19. The molecule has 0 radical (unpaired) electrons. The average Bonchev–Trinajstić information content (AvgIpc) is 3.05. The number of hydrogen-bond donors (Lipinski definition) is 2. The van der Waals surface area contributed by atoms with Crippen molar-refractivity contribution in [1.82, 2.24) is 5.32 Å². The highest BCUT2D eigenvalue weighted by Gasteiger charge is 2.20. The van der Waals surface area contributed by atoms with Crippen molar-refractivity contribution in [3.63, 3.8) is 0 Å². The maximum absolute atomic E-state index is 12.1. The van der Waals surface area contributed by atoms with Gasteiger partial charge in [0.15, 0.2) is 0 Å². The zero-order chi connectivity index (χ0) is 16.8. The number of carbonyl (C=O) groups excluding carboxylic acids is 1. The molecule has 0 spiro atoms. The van der Waals surface area contributed by atoms with Gasteiger partial charge in [-0.1, -0.05) is 6.92 Å². The molecule has 2 rings (SSSR count). The summed E-state index contributed by atoms with van der Waals surface area (Å²) in [6, 6.07) is 5.56. The standard InChI is InChI=1S/C18H28N2O3.ClH/c1-12(13(2)19)18(21)20-11-14-8-9-16(22-3)10-17(14)23-15-6-4-5-7-15;/h8-10,12-13,15H,4-7,11,19H2,1-3H3,(H,20,21);1H. The molecule has 5 nitrogen and oxygen atoms in total. The zero-order valence-electron chi connectivity index (χ0n) is 14.7. The maximum atomic E-state index is 12.1. The predicted octanol–water partition coefficient (Wildman–Crippen LogP) is 3.04. The Labute approximate surface area is 150 Å². The average molecular weight is 357 g/mol. The Kier molecular flexibility index (Phi) is 8.36. The number of hydrogen-bond acceptors (Lipinski definition) is 4. The van der Waals surface area contributed by atoms with Crippen molar-refractivity contribution < 1.29 is 14.3 Å². The largest absolute Gasteiger partial charge is 0.497 e. The lowest BCUT2D eigenvalue weighted by Crippen LogP contribution is -2.38. The number of methoxy groups -OCH3 is 1. The van der Waals surface area contributed by atoms with E-state index in [1.54, 1.807) is 7.11 Å². The van der Waals surface area contributed by atoms with E-state index in [1.165, 1.54) is 12.8 Å². The predicted molar refractivity (Wildman–Crippen MR) is 97.8 cm³/mol. The highest BCUT2D eigenvalue weighted by atomic mass is 35.5. The topological polar surface area (TPSA) is 73.6 Å². The van der Waals surface area contributed by atoms with Crippen LogP contribution >= 0.6 is 12.4 Å². The summed E-state index contributed by atoms with van der Waals surface area (Å²) in [5.74, 6) is 1.30. The van der Waals surface area contributed by atoms with Crippen molar-refractivity contribution in [2.24, 2.45) is 11.7 Å². The fraction of sp³-hybridized carbons (Fsp3) is 0.611. The van der Waals surface area contributed by atoms with E-state index < -0.39 is 0 Å². The van der Waals surface area contributed by atoms with Gasteiger partial charge >= 0.3 is 0 Å².